The van der Waals surface area contributed by atoms with E-state index < -0.39 is 9.85 Å². The molecule has 3 heterocycles. The summed E-state index contributed by atoms with van der Waals surface area (Å²) in [7, 11) is 0. The molecular formula is C20H16N6O5. The molecule has 0 aliphatic carbocycles. The molecule has 31 heavy (non-hydrogen) atoms. The zero-order valence-electron chi connectivity index (χ0n) is 16.2. The maximum Gasteiger partial charge on any atom is 0.277 e. The Morgan fingerprint density at radius 2 is 1.68 bits per heavy atom. The Balaban J connectivity index is 1.76. The number of hydrogen-bond acceptors (Lipinski definition) is 8. The van der Waals surface area contributed by atoms with Crippen LogP contribution in [0.2, 0.25) is 0 Å². The fraction of sp³-hybridized carbons (Fsp3) is 0.250. The fourth-order valence-electron chi connectivity index (χ4n) is 3.82. The van der Waals surface area contributed by atoms with Crippen molar-refractivity contribution in [1.29, 1.82) is 0 Å². The van der Waals surface area contributed by atoms with Gasteiger partial charge in [0, 0.05) is 24.3 Å². The van der Waals surface area contributed by atoms with Gasteiger partial charge in [-0.25, -0.2) is 15.0 Å². The molecule has 0 spiro atoms. The summed E-state index contributed by atoms with van der Waals surface area (Å²) < 4.78 is 7.55. The lowest BCUT2D eigenvalue weighted by molar-refractivity contribution is -0.394. The van der Waals surface area contributed by atoms with E-state index in [0.717, 1.165) is 18.9 Å². The predicted octanol–water partition coefficient (Wildman–Crippen LogP) is 3.64. The highest BCUT2D eigenvalue weighted by atomic mass is 16.6. The Labute approximate surface area is 174 Å². The zero-order valence-corrected chi connectivity index (χ0v) is 16.2. The number of fused-ring (bicyclic) bond motifs is 2. The molecule has 2 aromatic carbocycles. The molecule has 11 nitrogen and oxygen atoms in total. The van der Waals surface area contributed by atoms with Crippen molar-refractivity contribution in [1.82, 2.24) is 19.5 Å². The Bertz CT molecular complexity index is 1310. The van der Waals surface area contributed by atoms with E-state index in [1.54, 1.807) is 4.57 Å². The fourth-order valence-corrected chi connectivity index (χ4v) is 3.82. The molecule has 1 aliphatic heterocycles. The summed E-state index contributed by atoms with van der Waals surface area (Å²) in [5, 5.41) is 22.7. The summed E-state index contributed by atoms with van der Waals surface area (Å²) in [4.78, 5) is 35.2. The first kappa shape index (κ1) is 19.0. The van der Waals surface area contributed by atoms with Crippen LogP contribution in [0.1, 0.15) is 12.8 Å². The van der Waals surface area contributed by atoms with Gasteiger partial charge in [-0.15, -0.1) is 0 Å². The molecule has 0 bridgehead atoms. The Morgan fingerprint density at radius 1 is 1.00 bits per heavy atom. The average molecular weight is 420 g/mol. The number of aromatic nitrogens is 4. The number of nitrogens with zero attached hydrogens (tertiary/aromatic N) is 6. The quantitative estimate of drug-likeness (QED) is 0.352. The van der Waals surface area contributed by atoms with Gasteiger partial charge in [0.25, 0.3) is 11.4 Å². The van der Waals surface area contributed by atoms with Crippen molar-refractivity contribution in [2.45, 2.75) is 25.5 Å². The van der Waals surface area contributed by atoms with Gasteiger partial charge in [-0.3, -0.25) is 20.2 Å². The van der Waals surface area contributed by atoms with Crippen LogP contribution in [0, 0.1) is 20.2 Å². The van der Waals surface area contributed by atoms with Gasteiger partial charge in [-0.05, 0) is 25.0 Å². The van der Waals surface area contributed by atoms with Crippen molar-refractivity contribution in [3.63, 3.8) is 0 Å². The standard InChI is InChI=1S/C20H16N6O5/c27-25(28)13-8-12(9-14(10-13)26(29)30)19-23-18-20(24(19)11-15-4-3-7-31-15)22-17-6-2-1-5-16(17)21-18/h1-2,5-6,8-10,15H,3-4,7,11H2/t15-/m1/s1. The number of para-hydroxylation sites is 2. The molecule has 11 heteroatoms. The third-order valence-electron chi connectivity index (χ3n) is 5.25. The lowest BCUT2D eigenvalue weighted by atomic mass is 10.1. The molecule has 1 fully saturated rings. The molecule has 0 unspecified atom stereocenters. The van der Waals surface area contributed by atoms with E-state index in [4.69, 9.17) is 9.72 Å². The van der Waals surface area contributed by atoms with E-state index in [0.29, 0.717) is 41.3 Å². The summed E-state index contributed by atoms with van der Waals surface area (Å²) in [6.45, 7) is 1.07. The van der Waals surface area contributed by atoms with Gasteiger partial charge >= 0.3 is 0 Å². The Hall–Kier alpha value is -3.99. The second kappa shape index (κ2) is 7.36. The smallest absolute Gasteiger partial charge is 0.277 e. The van der Waals surface area contributed by atoms with E-state index in [1.807, 2.05) is 24.3 Å². The van der Waals surface area contributed by atoms with Crippen molar-refractivity contribution in [3.05, 3.63) is 62.7 Å². The van der Waals surface area contributed by atoms with Crippen molar-refractivity contribution >= 4 is 33.7 Å². The number of benzene rings is 2. The highest BCUT2D eigenvalue weighted by molar-refractivity contribution is 5.85. The average Bonchev–Trinajstić information content (AvgIpc) is 3.40. The van der Waals surface area contributed by atoms with E-state index in [9.17, 15) is 20.2 Å². The predicted molar refractivity (Wildman–Crippen MR) is 111 cm³/mol. The molecule has 156 valence electrons. The first-order valence-electron chi connectivity index (χ1n) is 9.68. The Morgan fingerprint density at radius 3 is 2.29 bits per heavy atom. The number of imidazole rings is 1. The van der Waals surface area contributed by atoms with Gasteiger partial charge in [-0.1, -0.05) is 12.1 Å². The van der Waals surface area contributed by atoms with Crippen LogP contribution in [-0.2, 0) is 11.3 Å². The third kappa shape index (κ3) is 3.44. The Kier molecular flexibility index (Phi) is 4.51. The molecule has 0 saturated carbocycles. The number of nitro groups is 2. The minimum absolute atomic E-state index is 0.0712. The van der Waals surface area contributed by atoms with Crippen molar-refractivity contribution in [2.75, 3.05) is 6.61 Å². The van der Waals surface area contributed by atoms with E-state index in [-0.39, 0.29) is 23.0 Å². The number of nitro benzene ring substituents is 2. The van der Waals surface area contributed by atoms with Crippen LogP contribution >= 0.6 is 0 Å². The van der Waals surface area contributed by atoms with Gasteiger partial charge in [0.15, 0.2) is 11.3 Å². The van der Waals surface area contributed by atoms with Crippen LogP contribution < -0.4 is 0 Å². The second-order valence-corrected chi connectivity index (χ2v) is 7.29. The van der Waals surface area contributed by atoms with Gasteiger partial charge in [0.05, 0.1) is 39.6 Å². The van der Waals surface area contributed by atoms with E-state index in [2.05, 4.69) is 9.97 Å². The van der Waals surface area contributed by atoms with Crippen molar-refractivity contribution in [2.24, 2.45) is 0 Å². The van der Waals surface area contributed by atoms with Gasteiger partial charge in [0.1, 0.15) is 5.82 Å². The molecule has 4 aromatic rings. The highest BCUT2D eigenvalue weighted by Gasteiger charge is 2.25. The number of rotatable bonds is 5. The van der Waals surface area contributed by atoms with Gasteiger partial charge < -0.3 is 9.30 Å². The molecule has 0 N–H and O–H groups in total. The van der Waals surface area contributed by atoms with Gasteiger partial charge in [-0.2, -0.15) is 0 Å². The summed E-state index contributed by atoms with van der Waals surface area (Å²) >= 11 is 0. The van der Waals surface area contributed by atoms with Crippen LogP contribution in [0.15, 0.2) is 42.5 Å². The minimum atomic E-state index is -0.658. The third-order valence-corrected chi connectivity index (χ3v) is 5.25. The molecule has 5 rings (SSSR count). The first-order valence-corrected chi connectivity index (χ1v) is 9.68. The maximum absolute atomic E-state index is 11.4. The summed E-state index contributed by atoms with van der Waals surface area (Å²) in [5.74, 6) is 0.326. The molecule has 0 radical (unpaired) electrons. The van der Waals surface area contributed by atoms with E-state index in [1.165, 1.54) is 12.1 Å². The lowest BCUT2D eigenvalue weighted by Gasteiger charge is -2.13. The minimum Gasteiger partial charge on any atom is -0.376 e. The molecule has 1 atom stereocenters. The lowest BCUT2D eigenvalue weighted by Crippen LogP contribution is -2.16. The molecule has 1 aliphatic rings. The van der Waals surface area contributed by atoms with Crippen LogP contribution in [0.25, 0.3) is 33.7 Å². The number of non-ortho nitro benzene ring substituents is 2. The molecule has 1 saturated heterocycles. The molecular weight excluding hydrogens is 404 g/mol. The zero-order chi connectivity index (χ0) is 21.5. The van der Waals surface area contributed by atoms with Crippen molar-refractivity contribution < 1.29 is 14.6 Å². The summed E-state index contributed by atoms with van der Waals surface area (Å²) in [6.07, 6.45) is 1.72. The topological polar surface area (TPSA) is 139 Å². The van der Waals surface area contributed by atoms with Crippen LogP contribution in [0.5, 0.6) is 0 Å². The maximum atomic E-state index is 11.4. The van der Waals surface area contributed by atoms with Crippen LogP contribution in [0.3, 0.4) is 0 Å². The summed E-state index contributed by atoms with van der Waals surface area (Å²) in [6, 6.07) is 10.8. The molecule has 0 amide bonds. The number of hydrogen-bond donors (Lipinski definition) is 0. The number of ether oxygens (including phenoxy) is 1. The van der Waals surface area contributed by atoms with Crippen LogP contribution in [0.4, 0.5) is 11.4 Å². The van der Waals surface area contributed by atoms with Crippen LogP contribution in [-0.4, -0.2) is 42.1 Å². The monoisotopic (exact) mass is 420 g/mol. The van der Waals surface area contributed by atoms with Gasteiger partial charge in [0.2, 0.25) is 0 Å². The largest absolute Gasteiger partial charge is 0.376 e. The second-order valence-electron chi connectivity index (χ2n) is 7.29. The SMILES string of the molecule is O=[N+]([O-])c1cc(-c2nc3nc4ccccc4nc3n2C[C@H]2CCCO2)cc([N+](=O)[O-])c1. The summed E-state index contributed by atoms with van der Waals surface area (Å²) in [5.41, 5.74) is 1.69. The molecule has 2 aromatic heterocycles. The highest BCUT2D eigenvalue weighted by Crippen LogP contribution is 2.32. The van der Waals surface area contributed by atoms with E-state index >= 15 is 0 Å². The van der Waals surface area contributed by atoms with Crippen molar-refractivity contribution in [3.8, 4) is 11.4 Å². The normalized spacial score (nSPS) is 16.2. The first-order chi connectivity index (χ1) is 15.0.